The van der Waals surface area contributed by atoms with Gasteiger partial charge in [-0.1, -0.05) is 12.1 Å². The van der Waals surface area contributed by atoms with Gasteiger partial charge in [0.25, 0.3) is 0 Å². The third-order valence-corrected chi connectivity index (χ3v) is 9.90. The SMILES string of the molecule is O=C(Cc1ccc(Oc2ccnc3cc(-c4ccc(CN5CC6CN(C(=O)CO)CC6C5)cn4)sc23)c(F)c1)CC1CC1. The Morgan fingerprint density at radius 1 is 0.977 bits per heavy atom. The fourth-order valence-corrected chi connectivity index (χ4v) is 7.41. The second-order valence-corrected chi connectivity index (χ2v) is 13.1. The average molecular weight is 601 g/mol. The lowest BCUT2D eigenvalue weighted by atomic mass is 10.0. The number of nitrogens with zero attached hydrogens (tertiary/aromatic N) is 4. The highest BCUT2D eigenvalue weighted by Crippen LogP contribution is 2.39. The fraction of sp³-hybridized carbons (Fsp3) is 0.394. The van der Waals surface area contributed by atoms with Gasteiger partial charge < -0.3 is 14.7 Å². The van der Waals surface area contributed by atoms with Gasteiger partial charge in [0, 0.05) is 64.0 Å². The normalized spacial score (nSPS) is 20.1. The number of ether oxygens (including phenoxy) is 1. The molecule has 10 heteroatoms. The van der Waals surface area contributed by atoms with E-state index >= 15 is 0 Å². The third-order valence-electron chi connectivity index (χ3n) is 8.74. The minimum absolute atomic E-state index is 0.113. The Kier molecular flexibility index (Phi) is 7.67. The number of carbonyl (C=O) groups is 2. The van der Waals surface area contributed by atoms with Crippen LogP contribution in [0.3, 0.4) is 0 Å². The molecule has 3 aliphatic rings. The van der Waals surface area contributed by atoms with E-state index in [0.29, 0.717) is 35.5 Å². The van der Waals surface area contributed by atoms with Gasteiger partial charge >= 0.3 is 0 Å². The largest absolute Gasteiger partial charge is 0.453 e. The van der Waals surface area contributed by atoms with Crippen LogP contribution in [0.1, 0.15) is 30.4 Å². The quantitative estimate of drug-likeness (QED) is 0.271. The van der Waals surface area contributed by atoms with Crippen LogP contribution in [-0.2, 0) is 22.6 Å². The van der Waals surface area contributed by atoms with Crippen molar-refractivity contribution in [3.63, 3.8) is 0 Å². The molecule has 0 radical (unpaired) electrons. The minimum atomic E-state index is -0.492. The molecule has 1 aromatic carbocycles. The molecule has 0 spiro atoms. The van der Waals surface area contributed by atoms with E-state index in [-0.39, 0.29) is 23.9 Å². The van der Waals surface area contributed by atoms with E-state index in [1.165, 1.54) is 17.4 Å². The molecule has 1 aliphatic carbocycles. The van der Waals surface area contributed by atoms with Crippen molar-refractivity contribution in [1.82, 2.24) is 19.8 Å². The van der Waals surface area contributed by atoms with E-state index in [9.17, 15) is 14.0 Å². The second-order valence-electron chi connectivity index (χ2n) is 12.1. The van der Waals surface area contributed by atoms with Crippen molar-refractivity contribution in [3.8, 4) is 22.1 Å². The summed E-state index contributed by atoms with van der Waals surface area (Å²) in [5.74, 6) is 1.56. The zero-order valence-corrected chi connectivity index (χ0v) is 24.6. The number of aliphatic hydroxyl groups excluding tert-OH is 1. The molecule has 2 unspecified atom stereocenters. The maximum Gasteiger partial charge on any atom is 0.248 e. The Morgan fingerprint density at radius 2 is 1.77 bits per heavy atom. The van der Waals surface area contributed by atoms with Gasteiger partial charge in [-0.2, -0.15) is 0 Å². The molecule has 2 atom stereocenters. The van der Waals surface area contributed by atoms with Gasteiger partial charge in [-0.05, 0) is 66.0 Å². The van der Waals surface area contributed by atoms with Crippen LogP contribution < -0.4 is 4.74 Å². The summed E-state index contributed by atoms with van der Waals surface area (Å²) in [6.07, 6.45) is 6.64. The maximum absolute atomic E-state index is 15.0. The highest BCUT2D eigenvalue weighted by molar-refractivity contribution is 7.22. The minimum Gasteiger partial charge on any atom is -0.453 e. The van der Waals surface area contributed by atoms with E-state index in [2.05, 4.69) is 16.0 Å². The molecule has 3 fully saturated rings. The van der Waals surface area contributed by atoms with Crippen LogP contribution in [0, 0.1) is 23.6 Å². The number of aromatic nitrogens is 2. The molecule has 7 rings (SSSR count). The van der Waals surface area contributed by atoms with Crippen LogP contribution in [0.5, 0.6) is 11.5 Å². The maximum atomic E-state index is 15.0. The first kappa shape index (κ1) is 28.1. The number of fused-ring (bicyclic) bond motifs is 2. The van der Waals surface area contributed by atoms with Crippen LogP contribution in [0.2, 0.25) is 0 Å². The molecular formula is C33H33FN4O4S. The van der Waals surface area contributed by atoms with Crippen LogP contribution in [0.25, 0.3) is 20.8 Å². The van der Waals surface area contributed by atoms with Gasteiger partial charge in [0.05, 0.1) is 20.8 Å². The fourth-order valence-electron chi connectivity index (χ4n) is 6.37. The number of carbonyl (C=O) groups excluding carboxylic acids is 2. The van der Waals surface area contributed by atoms with E-state index in [4.69, 9.17) is 14.8 Å². The number of benzene rings is 1. The highest BCUT2D eigenvalue weighted by atomic mass is 32.1. The summed E-state index contributed by atoms with van der Waals surface area (Å²) >= 11 is 1.50. The van der Waals surface area contributed by atoms with Crippen molar-refractivity contribution in [3.05, 3.63) is 71.8 Å². The van der Waals surface area contributed by atoms with Gasteiger partial charge in [-0.3, -0.25) is 24.5 Å². The summed E-state index contributed by atoms with van der Waals surface area (Å²) in [7, 11) is 0. The molecule has 1 N–H and O–H groups in total. The number of Topliss-reactive ketones (excluding diaryl/α,β-unsaturated/α-hetero) is 1. The predicted molar refractivity (Wildman–Crippen MR) is 161 cm³/mol. The van der Waals surface area contributed by atoms with Crippen LogP contribution in [-0.4, -0.2) is 69.4 Å². The molecule has 2 saturated heterocycles. The third kappa shape index (κ3) is 6.18. The van der Waals surface area contributed by atoms with Gasteiger partial charge in [0.1, 0.15) is 18.1 Å². The second kappa shape index (κ2) is 11.7. The van der Waals surface area contributed by atoms with Crippen molar-refractivity contribution in [2.45, 2.75) is 32.2 Å². The van der Waals surface area contributed by atoms with Gasteiger partial charge in [-0.15, -0.1) is 11.3 Å². The summed E-state index contributed by atoms with van der Waals surface area (Å²) in [5, 5.41) is 9.14. The van der Waals surface area contributed by atoms with E-state index in [1.54, 1.807) is 29.3 Å². The van der Waals surface area contributed by atoms with Gasteiger partial charge in [0.2, 0.25) is 5.91 Å². The molecule has 222 valence electrons. The number of rotatable bonds is 10. The van der Waals surface area contributed by atoms with E-state index < -0.39 is 12.4 Å². The summed E-state index contributed by atoms with van der Waals surface area (Å²) in [6, 6.07) is 12.6. The number of amides is 1. The Hall–Kier alpha value is -3.73. The van der Waals surface area contributed by atoms with Crippen molar-refractivity contribution in [1.29, 1.82) is 0 Å². The van der Waals surface area contributed by atoms with E-state index in [0.717, 1.165) is 71.9 Å². The number of halogens is 1. The molecule has 2 aliphatic heterocycles. The first-order valence-corrected chi connectivity index (χ1v) is 15.7. The monoisotopic (exact) mass is 600 g/mol. The summed E-state index contributed by atoms with van der Waals surface area (Å²) in [6.45, 7) is 3.72. The van der Waals surface area contributed by atoms with Crippen LogP contribution in [0.4, 0.5) is 4.39 Å². The Morgan fingerprint density at radius 3 is 2.47 bits per heavy atom. The number of aliphatic hydroxyl groups is 1. The number of likely N-dealkylation sites (tertiary alicyclic amines) is 2. The molecule has 43 heavy (non-hydrogen) atoms. The molecule has 1 saturated carbocycles. The molecule has 4 aromatic rings. The number of ketones is 1. The molecule has 3 aromatic heterocycles. The van der Waals surface area contributed by atoms with Crippen LogP contribution >= 0.6 is 11.3 Å². The van der Waals surface area contributed by atoms with Crippen molar-refractivity contribution < 1.29 is 23.8 Å². The number of pyridine rings is 2. The first-order chi connectivity index (χ1) is 20.9. The van der Waals surface area contributed by atoms with Crippen LogP contribution in [0.15, 0.2) is 54.9 Å². The highest BCUT2D eigenvalue weighted by Gasteiger charge is 2.41. The molecule has 5 heterocycles. The van der Waals surface area contributed by atoms with Crippen molar-refractivity contribution in [2.75, 3.05) is 32.8 Å². The number of hydrogen-bond donors (Lipinski definition) is 1. The molecule has 0 bridgehead atoms. The standard InChI is InChI=1S/C33H33FN4O4S/c34-26-11-21(10-25(40)9-20-1-2-20)4-6-29(26)42-30-7-8-35-28-12-31(43-33(28)30)27-5-3-22(13-36-27)14-37-15-23-17-38(32(41)19-39)18-24(23)16-37/h3-8,11-13,20,23-24,39H,1-2,9-10,14-19H2. The average Bonchev–Trinajstić information content (AvgIpc) is 3.37. The smallest absolute Gasteiger partial charge is 0.248 e. The number of hydrogen-bond acceptors (Lipinski definition) is 8. The van der Waals surface area contributed by atoms with Crippen molar-refractivity contribution >= 4 is 33.2 Å². The lowest BCUT2D eigenvalue weighted by Gasteiger charge is -2.21. The molecular weight excluding hydrogens is 567 g/mol. The Bertz CT molecular complexity index is 1660. The summed E-state index contributed by atoms with van der Waals surface area (Å²) in [5.41, 5.74) is 3.38. The lowest BCUT2D eigenvalue weighted by Crippen LogP contribution is -2.34. The molecule has 1 amide bonds. The number of thiophene rings is 1. The predicted octanol–water partition coefficient (Wildman–Crippen LogP) is 5.08. The van der Waals surface area contributed by atoms with Crippen molar-refractivity contribution in [2.24, 2.45) is 17.8 Å². The zero-order chi connectivity index (χ0) is 29.5. The summed E-state index contributed by atoms with van der Waals surface area (Å²) in [4.78, 5) is 38.4. The zero-order valence-electron chi connectivity index (χ0n) is 23.7. The first-order valence-electron chi connectivity index (χ1n) is 14.8. The summed E-state index contributed by atoms with van der Waals surface area (Å²) < 4.78 is 21.8. The lowest BCUT2D eigenvalue weighted by molar-refractivity contribution is -0.133. The Labute approximate surface area is 253 Å². The topological polar surface area (TPSA) is 95.9 Å². The van der Waals surface area contributed by atoms with Gasteiger partial charge in [0.15, 0.2) is 11.6 Å². The Balaban J connectivity index is 1.00. The van der Waals surface area contributed by atoms with E-state index in [1.807, 2.05) is 18.3 Å². The molecule has 8 nitrogen and oxygen atoms in total. The van der Waals surface area contributed by atoms with Gasteiger partial charge in [-0.25, -0.2) is 4.39 Å².